The van der Waals surface area contributed by atoms with Crippen LogP contribution in [0.5, 0.6) is 0 Å². The zero-order valence-corrected chi connectivity index (χ0v) is 10.8. The lowest BCUT2D eigenvalue weighted by Crippen LogP contribution is -2.09. The van der Waals surface area contributed by atoms with Crippen molar-refractivity contribution in [2.75, 3.05) is 6.61 Å². The number of carbonyl (C=O) groups excluding carboxylic acids is 1. The van der Waals surface area contributed by atoms with Crippen LogP contribution in [0.4, 0.5) is 0 Å². The predicted octanol–water partition coefficient (Wildman–Crippen LogP) is 3.06. The fraction of sp³-hybridized carbons (Fsp3) is 0.333. The first-order valence-corrected chi connectivity index (χ1v) is 5.96. The van der Waals surface area contributed by atoms with Gasteiger partial charge in [-0.2, -0.15) is 5.26 Å². The van der Waals surface area contributed by atoms with Gasteiger partial charge in [-0.05, 0) is 30.2 Å². The van der Waals surface area contributed by atoms with Crippen LogP contribution in [0.2, 0.25) is 5.02 Å². The summed E-state index contributed by atoms with van der Waals surface area (Å²) in [7, 11) is 0. The van der Waals surface area contributed by atoms with Gasteiger partial charge in [-0.25, -0.2) is 0 Å². The molecule has 1 aromatic rings. The number of esters is 1. The molecule has 0 bridgehead atoms. The van der Waals surface area contributed by atoms with Crippen molar-refractivity contribution >= 4 is 29.2 Å². The van der Waals surface area contributed by atoms with Gasteiger partial charge < -0.3 is 4.74 Å². The molecule has 0 N–H and O–H groups in total. The van der Waals surface area contributed by atoms with E-state index in [1.807, 2.05) is 6.07 Å². The standard InChI is InChI=1S/C12H11Cl2NO2/c1-2-17-12(16)5-8-4-11(14)9(6-13)3-10(8)7-15/h3-4H,2,5-6H2,1H3. The van der Waals surface area contributed by atoms with Crippen LogP contribution in [0.1, 0.15) is 23.6 Å². The maximum absolute atomic E-state index is 11.3. The number of hydrogen-bond acceptors (Lipinski definition) is 3. The summed E-state index contributed by atoms with van der Waals surface area (Å²) >= 11 is 11.7. The van der Waals surface area contributed by atoms with E-state index in [9.17, 15) is 4.79 Å². The van der Waals surface area contributed by atoms with E-state index >= 15 is 0 Å². The van der Waals surface area contributed by atoms with Gasteiger partial charge in [0.05, 0.1) is 24.7 Å². The molecule has 1 rings (SSSR count). The summed E-state index contributed by atoms with van der Waals surface area (Å²) in [6.07, 6.45) is 0.0407. The van der Waals surface area contributed by atoms with Crippen LogP contribution >= 0.6 is 23.2 Å². The molecule has 1 aromatic carbocycles. The quantitative estimate of drug-likeness (QED) is 0.625. The van der Waals surface area contributed by atoms with Crippen molar-refractivity contribution in [1.82, 2.24) is 0 Å². The Kier molecular flexibility index (Phi) is 5.27. The minimum absolute atomic E-state index is 0.0407. The number of carbonyl (C=O) groups is 1. The van der Waals surface area contributed by atoms with Crippen molar-refractivity contribution in [2.45, 2.75) is 19.2 Å². The van der Waals surface area contributed by atoms with Crippen LogP contribution in [-0.2, 0) is 21.8 Å². The maximum Gasteiger partial charge on any atom is 0.310 e. The number of hydrogen-bond donors (Lipinski definition) is 0. The highest BCUT2D eigenvalue weighted by Gasteiger charge is 2.12. The number of ether oxygens (including phenoxy) is 1. The van der Waals surface area contributed by atoms with Gasteiger partial charge in [0.15, 0.2) is 0 Å². The van der Waals surface area contributed by atoms with Gasteiger partial charge in [0.1, 0.15) is 0 Å². The van der Waals surface area contributed by atoms with E-state index in [0.717, 1.165) is 0 Å². The van der Waals surface area contributed by atoms with Crippen molar-refractivity contribution in [3.05, 3.63) is 33.8 Å². The third-order valence-corrected chi connectivity index (χ3v) is 2.82. The Balaban J connectivity index is 3.03. The van der Waals surface area contributed by atoms with Crippen LogP contribution in [0.15, 0.2) is 12.1 Å². The molecule has 0 saturated carbocycles. The fourth-order valence-corrected chi connectivity index (χ4v) is 1.92. The second-order valence-corrected chi connectivity index (χ2v) is 4.00. The Morgan fingerprint density at radius 3 is 2.71 bits per heavy atom. The molecule has 3 nitrogen and oxygen atoms in total. The molecule has 0 aromatic heterocycles. The van der Waals surface area contributed by atoms with Crippen LogP contribution < -0.4 is 0 Å². The summed E-state index contributed by atoms with van der Waals surface area (Å²) in [5.74, 6) is -0.147. The topological polar surface area (TPSA) is 50.1 Å². The van der Waals surface area contributed by atoms with Gasteiger partial charge in [-0.15, -0.1) is 11.6 Å². The highest BCUT2D eigenvalue weighted by Crippen LogP contribution is 2.23. The minimum Gasteiger partial charge on any atom is -0.466 e. The minimum atomic E-state index is -0.376. The average Bonchev–Trinajstić information content (AvgIpc) is 2.29. The van der Waals surface area contributed by atoms with Gasteiger partial charge in [0, 0.05) is 10.9 Å². The lowest BCUT2D eigenvalue weighted by molar-refractivity contribution is -0.142. The second-order valence-electron chi connectivity index (χ2n) is 3.33. The van der Waals surface area contributed by atoms with Gasteiger partial charge >= 0.3 is 5.97 Å². The van der Waals surface area contributed by atoms with Crippen LogP contribution in [0, 0.1) is 11.3 Å². The largest absolute Gasteiger partial charge is 0.466 e. The van der Waals surface area contributed by atoms with Crippen molar-refractivity contribution in [3.8, 4) is 6.07 Å². The molecule has 0 heterocycles. The number of benzene rings is 1. The van der Waals surface area contributed by atoms with Crippen LogP contribution in [-0.4, -0.2) is 12.6 Å². The molecule has 5 heteroatoms. The van der Waals surface area contributed by atoms with Gasteiger partial charge in [0.25, 0.3) is 0 Å². The fourth-order valence-electron chi connectivity index (χ4n) is 1.38. The molecule has 0 radical (unpaired) electrons. The number of nitrogens with zero attached hydrogens (tertiary/aromatic N) is 1. The molecule has 0 atom stereocenters. The van der Waals surface area contributed by atoms with Crippen LogP contribution in [0.25, 0.3) is 0 Å². The molecule has 0 aliphatic carbocycles. The molecular formula is C12H11Cl2NO2. The highest BCUT2D eigenvalue weighted by molar-refractivity contribution is 6.32. The Morgan fingerprint density at radius 2 is 2.18 bits per heavy atom. The SMILES string of the molecule is CCOC(=O)Cc1cc(Cl)c(CCl)cc1C#N. The van der Waals surface area contributed by atoms with Gasteiger partial charge in [0.2, 0.25) is 0 Å². The van der Waals surface area contributed by atoms with Gasteiger partial charge in [-0.1, -0.05) is 11.6 Å². The number of rotatable bonds is 4. The van der Waals surface area contributed by atoms with Crippen molar-refractivity contribution in [2.24, 2.45) is 0 Å². The van der Waals surface area contributed by atoms with Gasteiger partial charge in [-0.3, -0.25) is 4.79 Å². The molecule has 0 amide bonds. The zero-order chi connectivity index (χ0) is 12.8. The van der Waals surface area contributed by atoms with Crippen molar-refractivity contribution in [3.63, 3.8) is 0 Å². The predicted molar refractivity (Wildman–Crippen MR) is 66.1 cm³/mol. The van der Waals surface area contributed by atoms with E-state index in [2.05, 4.69) is 0 Å². The molecule has 90 valence electrons. The highest BCUT2D eigenvalue weighted by atomic mass is 35.5. The molecule has 0 fully saturated rings. The Labute approximate surface area is 110 Å². The normalized spacial score (nSPS) is 9.76. The summed E-state index contributed by atoms with van der Waals surface area (Å²) in [6.45, 7) is 2.04. The third kappa shape index (κ3) is 3.62. The van der Waals surface area contributed by atoms with Crippen molar-refractivity contribution < 1.29 is 9.53 Å². The Bertz CT molecular complexity index is 466. The summed E-state index contributed by atoms with van der Waals surface area (Å²) in [5, 5.41) is 9.44. The number of alkyl halides is 1. The first kappa shape index (κ1) is 13.8. The lowest BCUT2D eigenvalue weighted by Gasteiger charge is -2.07. The zero-order valence-electron chi connectivity index (χ0n) is 9.30. The van der Waals surface area contributed by atoms with E-state index < -0.39 is 0 Å². The summed E-state index contributed by atoms with van der Waals surface area (Å²) in [5.41, 5.74) is 1.64. The van der Waals surface area contributed by atoms with Crippen molar-refractivity contribution in [1.29, 1.82) is 5.26 Å². The molecule has 0 saturated heterocycles. The molecule has 0 spiro atoms. The second kappa shape index (κ2) is 6.48. The summed E-state index contributed by atoms with van der Waals surface area (Å²) < 4.78 is 4.82. The summed E-state index contributed by atoms with van der Waals surface area (Å²) in [6, 6.07) is 5.21. The van der Waals surface area contributed by atoms with E-state index in [0.29, 0.717) is 28.3 Å². The van der Waals surface area contributed by atoms with E-state index in [1.54, 1.807) is 19.1 Å². The Hall–Kier alpha value is -1.24. The molecular weight excluding hydrogens is 261 g/mol. The first-order chi connectivity index (χ1) is 8.12. The van der Waals surface area contributed by atoms with E-state index in [1.165, 1.54) is 0 Å². The number of nitriles is 1. The Morgan fingerprint density at radius 1 is 1.47 bits per heavy atom. The molecule has 0 aliphatic rings. The first-order valence-electron chi connectivity index (χ1n) is 5.05. The molecule has 0 unspecified atom stereocenters. The molecule has 17 heavy (non-hydrogen) atoms. The third-order valence-electron chi connectivity index (χ3n) is 2.18. The summed E-state index contributed by atoms with van der Waals surface area (Å²) in [4.78, 5) is 11.3. The smallest absolute Gasteiger partial charge is 0.310 e. The van der Waals surface area contributed by atoms with Crippen LogP contribution in [0.3, 0.4) is 0 Å². The molecule has 0 aliphatic heterocycles. The monoisotopic (exact) mass is 271 g/mol. The number of halogens is 2. The van der Waals surface area contributed by atoms with E-state index in [4.69, 9.17) is 33.2 Å². The lowest BCUT2D eigenvalue weighted by atomic mass is 10.0. The van der Waals surface area contributed by atoms with E-state index in [-0.39, 0.29) is 18.3 Å². The maximum atomic E-state index is 11.3. The average molecular weight is 272 g/mol.